The number of carbonyl (C=O) groups is 1. The highest BCUT2D eigenvalue weighted by atomic mass is 35.5. The Balaban J connectivity index is 1.62. The zero-order valence-corrected chi connectivity index (χ0v) is 20.3. The Morgan fingerprint density at radius 2 is 1.94 bits per heavy atom. The number of benzene rings is 1. The van der Waals surface area contributed by atoms with E-state index >= 15 is 0 Å². The van der Waals surface area contributed by atoms with Crippen LogP contribution in [0.3, 0.4) is 0 Å². The third-order valence-electron chi connectivity index (χ3n) is 5.83. The van der Waals surface area contributed by atoms with E-state index in [4.69, 9.17) is 16.3 Å². The Hall–Kier alpha value is -1.19. The molecule has 0 spiro atoms. The molecule has 2 fully saturated rings. The Bertz CT molecular complexity index is 871. The normalized spacial score (nSPS) is 20.9. The second-order valence-corrected chi connectivity index (χ2v) is 11.7. The average Bonchev–Trinajstić information content (AvgIpc) is 3.24. The number of halogens is 1. The van der Waals surface area contributed by atoms with Gasteiger partial charge in [-0.25, -0.2) is 13.1 Å². The highest BCUT2D eigenvalue weighted by Gasteiger charge is 2.26. The van der Waals surface area contributed by atoms with Gasteiger partial charge in [0.25, 0.3) is 5.91 Å². The lowest BCUT2D eigenvalue weighted by atomic mass is 9.92. The lowest BCUT2D eigenvalue weighted by Crippen LogP contribution is -2.49. The molecule has 0 radical (unpaired) electrons. The molecule has 0 bridgehead atoms. The van der Waals surface area contributed by atoms with Gasteiger partial charge >= 0.3 is 0 Å². The number of amides is 1. The van der Waals surface area contributed by atoms with E-state index in [1.807, 2.05) is 0 Å². The van der Waals surface area contributed by atoms with Gasteiger partial charge in [0.05, 0.1) is 11.1 Å². The first kappa shape index (κ1) is 24.5. The molecule has 9 heteroatoms. The van der Waals surface area contributed by atoms with E-state index in [1.165, 1.54) is 12.1 Å². The van der Waals surface area contributed by atoms with Gasteiger partial charge in [-0.3, -0.25) is 9.69 Å². The SMILES string of the molecule is CC(C)(C)CCN1CCN(C(=O)c2ccc(Cl)c(S(=O)(=O)NCC3CCCO3)c2)CC1. The van der Waals surface area contributed by atoms with Gasteiger partial charge < -0.3 is 9.64 Å². The van der Waals surface area contributed by atoms with Crippen molar-refractivity contribution in [2.24, 2.45) is 5.41 Å². The van der Waals surface area contributed by atoms with Crippen molar-refractivity contribution >= 4 is 27.5 Å². The summed E-state index contributed by atoms with van der Waals surface area (Å²) in [7, 11) is -3.84. The Morgan fingerprint density at radius 3 is 2.55 bits per heavy atom. The van der Waals surface area contributed by atoms with E-state index in [-0.39, 0.29) is 33.9 Å². The van der Waals surface area contributed by atoms with Crippen LogP contribution in [0.5, 0.6) is 0 Å². The van der Waals surface area contributed by atoms with Crippen LogP contribution in [-0.2, 0) is 14.8 Å². The minimum atomic E-state index is -3.84. The molecule has 0 aliphatic carbocycles. The van der Waals surface area contributed by atoms with Crippen LogP contribution < -0.4 is 4.72 Å². The number of piperazine rings is 1. The first-order valence-corrected chi connectivity index (χ1v) is 12.8. The maximum Gasteiger partial charge on any atom is 0.253 e. The molecular weight excluding hydrogens is 438 g/mol. The number of rotatable bonds is 7. The van der Waals surface area contributed by atoms with E-state index in [0.717, 1.165) is 38.9 Å². The molecule has 2 aliphatic rings. The lowest BCUT2D eigenvalue weighted by Gasteiger charge is -2.36. The van der Waals surface area contributed by atoms with Crippen LogP contribution in [-0.4, -0.2) is 76.1 Å². The largest absolute Gasteiger partial charge is 0.377 e. The molecule has 1 aromatic carbocycles. The number of carbonyl (C=O) groups excluding carboxylic acids is 1. The van der Waals surface area contributed by atoms with Crippen molar-refractivity contribution in [3.8, 4) is 0 Å². The number of sulfonamides is 1. The predicted molar refractivity (Wildman–Crippen MR) is 122 cm³/mol. The summed E-state index contributed by atoms with van der Waals surface area (Å²) < 4.78 is 33.6. The molecule has 2 aliphatic heterocycles. The van der Waals surface area contributed by atoms with Crippen LogP contribution in [0.25, 0.3) is 0 Å². The minimum Gasteiger partial charge on any atom is -0.377 e. The molecule has 2 heterocycles. The second kappa shape index (κ2) is 10.2. The first-order valence-electron chi connectivity index (χ1n) is 11.0. The van der Waals surface area contributed by atoms with E-state index in [9.17, 15) is 13.2 Å². The van der Waals surface area contributed by atoms with E-state index in [0.29, 0.717) is 25.3 Å². The van der Waals surface area contributed by atoms with Crippen molar-refractivity contribution in [3.63, 3.8) is 0 Å². The molecule has 174 valence electrons. The van der Waals surface area contributed by atoms with Gasteiger partial charge in [-0.1, -0.05) is 32.4 Å². The summed E-state index contributed by atoms with van der Waals surface area (Å²) in [6.45, 7) is 11.5. The van der Waals surface area contributed by atoms with Crippen molar-refractivity contribution in [2.75, 3.05) is 45.9 Å². The number of nitrogens with one attached hydrogen (secondary N) is 1. The molecule has 7 nitrogen and oxygen atoms in total. The molecule has 1 aromatic rings. The average molecular weight is 472 g/mol. The van der Waals surface area contributed by atoms with Gasteiger partial charge in [-0.05, 0) is 49.4 Å². The summed E-state index contributed by atoms with van der Waals surface area (Å²) in [5.41, 5.74) is 0.626. The molecule has 3 rings (SSSR count). The van der Waals surface area contributed by atoms with Gasteiger partial charge in [0, 0.05) is 44.9 Å². The van der Waals surface area contributed by atoms with Crippen molar-refractivity contribution in [1.29, 1.82) is 0 Å². The van der Waals surface area contributed by atoms with Crippen molar-refractivity contribution < 1.29 is 17.9 Å². The van der Waals surface area contributed by atoms with Crippen molar-refractivity contribution in [1.82, 2.24) is 14.5 Å². The molecule has 0 saturated carbocycles. The lowest BCUT2D eigenvalue weighted by molar-refractivity contribution is 0.0623. The van der Waals surface area contributed by atoms with Crippen LogP contribution >= 0.6 is 11.6 Å². The highest BCUT2D eigenvalue weighted by molar-refractivity contribution is 7.89. The molecule has 31 heavy (non-hydrogen) atoms. The highest BCUT2D eigenvalue weighted by Crippen LogP contribution is 2.24. The van der Waals surface area contributed by atoms with E-state index < -0.39 is 10.0 Å². The van der Waals surface area contributed by atoms with Crippen LogP contribution in [0.1, 0.15) is 50.4 Å². The summed E-state index contributed by atoms with van der Waals surface area (Å²) >= 11 is 6.18. The third kappa shape index (κ3) is 6.89. The number of hydrogen-bond donors (Lipinski definition) is 1. The number of nitrogens with zero attached hydrogens (tertiary/aromatic N) is 2. The Morgan fingerprint density at radius 1 is 1.23 bits per heavy atom. The summed E-state index contributed by atoms with van der Waals surface area (Å²) in [5, 5.41) is 0.100. The quantitative estimate of drug-likeness (QED) is 0.661. The van der Waals surface area contributed by atoms with Crippen LogP contribution in [0, 0.1) is 5.41 Å². The van der Waals surface area contributed by atoms with Crippen molar-refractivity contribution in [3.05, 3.63) is 28.8 Å². The summed E-state index contributed by atoms with van der Waals surface area (Å²) in [6.07, 6.45) is 2.75. The standard InChI is InChI=1S/C22H34ClN3O4S/c1-22(2,3)8-9-25-10-12-26(13-11-25)21(27)17-6-7-19(23)20(15-17)31(28,29)24-16-18-5-4-14-30-18/h6-7,15,18,24H,4-5,8-14,16H2,1-3H3. The van der Waals surface area contributed by atoms with Crippen LogP contribution in [0.15, 0.2) is 23.1 Å². The second-order valence-electron chi connectivity index (χ2n) is 9.58. The van der Waals surface area contributed by atoms with E-state index in [2.05, 4.69) is 30.4 Å². The smallest absolute Gasteiger partial charge is 0.253 e. The fourth-order valence-electron chi connectivity index (χ4n) is 3.78. The Kier molecular flexibility index (Phi) is 8.02. The van der Waals surface area contributed by atoms with Gasteiger partial charge in [0.1, 0.15) is 4.90 Å². The fourth-order valence-corrected chi connectivity index (χ4v) is 5.37. The Labute approximate surface area is 191 Å². The number of hydrogen-bond acceptors (Lipinski definition) is 5. The van der Waals surface area contributed by atoms with Gasteiger partial charge in [0.2, 0.25) is 10.0 Å². The monoisotopic (exact) mass is 471 g/mol. The van der Waals surface area contributed by atoms with Gasteiger partial charge in [0.15, 0.2) is 0 Å². The minimum absolute atomic E-state index is 0.0678. The maximum atomic E-state index is 13.0. The maximum absolute atomic E-state index is 13.0. The topological polar surface area (TPSA) is 79.0 Å². The van der Waals surface area contributed by atoms with Crippen LogP contribution in [0.2, 0.25) is 5.02 Å². The summed E-state index contributed by atoms with van der Waals surface area (Å²) in [6, 6.07) is 4.46. The zero-order valence-electron chi connectivity index (χ0n) is 18.7. The van der Waals surface area contributed by atoms with Gasteiger partial charge in [-0.15, -0.1) is 0 Å². The predicted octanol–water partition coefficient (Wildman–Crippen LogP) is 2.99. The zero-order chi connectivity index (χ0) is 22.6. The first-order chi connectivity index (χ1) is 14.5. The fraction of sp³-hybridized carbons (Fsp3) is 0.682. The molecule has 2 saturated heterocycles. The summed E-state index contributed by atoms with van der Waals surface area (Å²) in [4.78, 5) is 17.1. The number of ether oxygens (including phenoxy) is 1. The molecular formula is C22H34ClN3O4S. The van der Waals surface area contributed by atoms with E-state index in [1.54, 1.807) is 11.0 Å². The molecule has 0 aromatic heterocycles. The summed E-state index contributed by atoms with van der Waals surface area (Å²) in [5.74, 6) is -0.164. The van der Waals surface area contributed by atoms with Crippen molar-refractivity contribution in [2.45, 2.75) is 51.0 Å². The third-order valence-corrected chi connectivity index (χ3v) is 7.74. The molecule has 1 N–H and O–H groups in total. The molecule has 1 atom stereocenters. The molecule has 1 unspecified atom stereocenters. The molecule has 1 amide bonds. The van der Waals surface area contributed by atoms with Gasteiger partial charge in [-0.2, -0.15) is 0 Å². The van der Waals surface area contributed by atoms with Crippen LogP contribution in [0.4, 0.5) is 0 Å².